The van der Waals surface area contributed by atoms with Crippen LogP contribution < -0.4 is 9.47 Å². The minimum Gasteiger partial charge on any atom is -0.496 e. The smallest absolute Gasteiger partial charge is 0.126 e. The van der Waals surface area contributed by atoms with Crippen molar-refractivity contribution in [3.05, 3.63) is 23.3 Å². The van der Waals surface area contributed by atoms with Crippen LogP contribution in [0, 0.1) is 6.92 Å². The molecule has 0 unspecified atom stereocenters. The fraction of sp³-hybridized carbons (Fsp3) is 0.500. The fourth-order valence-corrected chi connectivity index (χ4v) is 1.61. The lowest BCUT2D eigenvalue weighted by atomic mass is 10.0. The van der Waals surface area contributed by atoms with Crippen LogP contribution in [0.1, 0.15) is 18.1 Å². The highest BCUT2D eigenvalue weighted by Gasteiger charge is 2.13. The summed E-state index contributed by atoms with van der Waals surface area (Å²) >= 11 is 0. The van der Waals surface area contributed by atoms with Gasteiger partial charge in [0.2, 0.25) is 0 Å². The number of aryl methyl sites for hydroxylation is 1. The largest absolute Gasteiger partial charge is 0.496 e. The maximum absolute atomic E-state index is 9.40. The molecule has 0 aromatic heterocycles. The number of ether oxygens (including phenoxy) is 2. The zero-order valence-corrected chi connectivity index (χ0v) is 9.70. The lowest BCUT2D eigenvalue weighted by Gasteiger charge is -2.15. The van der Waals surface area contributed by atoms with Gasteiger partial charge in [0.25, 0.3) is 0 Å². The Labute approximate surface area is 90.6 Å². The highest BCUT2D eigenvalue weighted by molar-refractivity contribution is 5.48. The van der Waals surface area contributed by atoms with Gasteiger partial charge in [0.1, 0.15) is 11.5 Å². The van der Waals surface area contributed by atoms with Crippen molar-refractivity contribution >= 4 is 0 Å². The summed E-state index contributed by atoms with van der Waals surface area (Å²) in [5, 5.41) is 9.40. The minimum absolute atomic E-state index is 0.407. The van der Waals surface area contributed by atoms with Gasteiger partial charge in [-0.1, -0.05) is 0 Å². The van der Waals surface area contributed by atoms with Crippen LogP contribution in [-0.2, 0) is 6.42 Å². The highest BCUT2D eigenvalue weighted by Crippen LogP contribution is 2.31. The molecule has 0 aliphatic carbocycles. The molecule has 0 aliphatic heterocycles. The molecule has 0 radical (unpaired) electrons. The molecule has 1 atom stereocenters. The SMILES string of the molecule is COc1cc(C)cc(OC)c1C[C@H](C)O. The molecule has 1 aromatic rings. The van der Waals surface area contributed by atoms with Crippen molar-refractivity contribution in [2.24, 2.45) is 0 Å². The van der Waals surface area contributed by atoms with Crippen molar-refractivity contribution in [2.75, 3.05) is 14.2 Å². The molecular weight excluding hydrogens is 192 g/mol. The Balaban J connectivity index is 3.18. The fourth-order valence-electron chi connectivity index (χ4n) is 1.61. The lowest BCUT2D eigenvalue weighted by Crippen LogP contribution is -2.07. The standard InChI is InChI=1S/C12H18O3/c1-8-5-11(14-3)10(7-9(2)13)12(6-8)15-4/h5-6,9,13H,7H2,1-4H3/t9-/m0/s1. The summed E-state index contributed by atoms with van der Waals surface area (Å²) in [5.41, 5.74) is 2.00. The van der Waals surface area contributed by atoms with Gasteiger partial charge in [-0.3, -0.25) is 0 Å². The first kappa shape index (κ1) is 11.9. The summed E-state index contributed by atoms with van der Waals surface area (Å²) in [4.78, 5) is 0. The van der Waals surface area contributed by atoms with E-state index in [1.807, 2.05) is 19.1 Å². The van der Waals surface area contributed by atoms with Crippen LogP contribution in [0.15, 0.2) is 12.1 Å². The van der Waals surface area contributed by atoms with E-state index < -0.39 is 6.10 Å². The van der Waals surface area contributed by atoms with Crippen LogP contribution in [0.25, 0.3) is 0 Å². The summed E-state index contributed by atoms with van der Waals surface area (Å²) < 4.78 is 10.6. The average molecular weight is 210 g/mol. The van der Waals surface area contributed by atoms with Gasteiger partial charge in [-0.2, -0.15) is 0 Å². The maximum Gasteiger partial charge on any atom is 0.126 e. The van der Waals surface area contributed by atoms with Crippen LogP contribution in [-0.4, -0.2) is 25.4 Å². The second-order valence-corrected chi connectivity index (χ2v) is 3.70. The molecule has 0 aliphatic rings. The maximum atomic E-state index is 9.40. The molecule has 1 aromatic carbocycles. The van der Waals surface area contributed by atoms with E-state index in [-0.39, 0.29) is 0 Å². The Kier molecular flexibility index (Phi) is 3.97. The van der Waals surface area contributed by atoms with Gasteiger partial charge >= 0.3 is 0 Å². The minimum atomic E-state index is -0.407. The average Bonchev–Trinajstić information content (AvgIpc) is 2.19. The molecule has 0 saturated carbocycles. The van der Waals surface area contributed by atoms with Crippen molar-refractivity contribution < 1.29 is 14.6 Å². The molecule has 0 bridgehead atoms. The highest BCUT2D eigenvalue weighted by atomic mass is 16.5. The normalized spacial score (nSPS) is 12.3. The van der Waals surface area contributed by atoms with E-state index in [9.17, 15) is 5.11 Å². The molecular formula is C12H18O3. The number of hydrogen-bond acceptors (Lipinski definition) is 3. The second-order valence-electron chi connectivity index (χ2n) is 3.70. The molecule has 0 fully saturated rings. The molecule has 0 amide bonds. The predicted molar refractivity (Wildman–Crippen MR) is 59.7 cm³/mol. The number of benzene rings is 1. The number of rotatable bonds is 4. The first-order chi connectivity index (χ1) is 7.08. The van der Waals surface area contributed by atoms with Gasteiger partial charge < -0.3 is 14.6 Å². The van der Waals surface area contributed by atoms with Crippen molar-refractivity contribution in [1.29, 1.82) is 0 Å². The summed E-state index contributed by atoms with van der Waals surface area (Å²) in [6, 6.07) is 3.89. The van der Waals surface area contributed by atoms with Gasteiger partial charge in [0.15, 0.2) is 0 Å². The first-order valence-corrected chi connectivity index (χ1v) is 4.98. The number of aliphatic hydroxyl groups excluding tert-OH is 1. The van der Waals surface area contributed by atoms with Crippen LogP contribution >= 0.6 is 0 Å². The molecule has 1 N–H and O–H groups in total. The van der Waals surface area contributed by atoms with E-state index in [0.29, 0.717) is 6.42 Å². The molecule has 15 heavy (non-hydrogen) atoms. The predicted octanol–water partition coefficient (Wildman–Crippen LogP) is 1.94. The van der Waals surface area contributed by atoms with Crippen molar-refractivity contribution in [3.63, 3.8) is 0 Å². The number of hydrogen-bond donors (Lipinski definition) is 1. The van der Waals surface area contributed by atoms with E-state index in [1.165, 1.54) is 0 Å². The Hall–Kier alpha value is -1.22. The molecule has 0 heterocycles. The van der Waals surface area contributed by atoms with Crippen molar-refractivity contribution in [1.82, 2.24) is 0 Å². The number of methoxy groups -OCH3 is 2. The lowest BCUT2D eigenvalue weighted by molar-refractivity contribution is 0.192. The van der Waals surface area contributed by atoms with Crippen LogP contribution in [0.5, 0.6) is 11.5 Å². The summed E-state index contributed by atoms with van der Waals surface area (Å²) in [6.45, 7) is 3.73. The van der Waals surface area contributed by atoms with Crippen molar-refractivity contribution in [2.45, 2.75) is 26.4 Å². The third kappa shape index (κ3) is 2.86. The molecule has 3 nitrogen and oxygen atoms in total. The number of aliphatic hydroxyl groups is 1. The quantitative estimate of drug-likeness (QED) is 0.825. The Morgan fingerprint density at radius 2 is 1.67 bits per heavy atom. The topological polar surface area (TPSA) is 38.7 Å². The Morgan fingerprint density at radius 1 is 1.20 bits per heavy atom. The zero-order chi connectivity index (χ0) is 11.4. The van der Waals surface area contributed by atoms with E-state index in [1.54, 1.807) is 21.1 Å². The molecule has 0 spiro atoms. The van der Waals surface area contributed by atoms with Crippen LogP contribution in [0.2, 0.25) is 0 Å². The zero-order valence-electron chi connectivity index (χ0n) is 9.70. The van der Waals surface area contributed by atoms with E-state index >= 15 is 0 Å². The first-order valence-electron chi connectivity index (χ1n) is 4.98. The van der Waals surface area contributed by atoms with E-state index in [0.717, 1.165) is 22.6 Å². The van der Waals surface area contributed by atoms with Gasteiger partial charge in [-0.05, 0) is 31.5 Å². The molecule has 1 rings (SSSR count). The third-order valence-corrected chi connectivity index (χ3v) is 2.25. The summed E-state index contributed by atoms with van der Waals surface area (Å²) in [5.74, 6) is 1.54. The molecule has 0 saturated heterocycles. The summed E-state index contributed by atoms with van der Waals surface area (Å²) in [7, 11) is 3.25. The van der Waals surface area contributed by atoms with Gasteiger partial charge in [-0.15, -0.1) is 0 Å². The third-order valence-electron chi connectivity index (χ3n) is 2.25. The monoisotopic (exact) mass is 210 g/mol. The van der Waals surface area contributed by atoms with Crippen molar-refractivity contribution in [3.8, 4) is 11.5 Å². The van der Waals surface area contributed by atoms with Crippen LogP contribution in [0.3, 0.4) is 0 Å². The van der Waals surface area contributed by atoms with Gasteiger partial charge in [-0.25, -0.2) is 0 Å². The molecule has 84 valence electrons. The second kappa shape index (κ2) is 5.03. The van der Waals surface area contributed by atoms with Gasteiger partial charge in [0.05, 0.1) is 20.3 Å². The van der Waals surface area contributed by atoms with E-state index in [4.69, 9.17) is 9.47 Å². The Morgan fingerprint density at radius 3 is 2.00 bits per heavy atom. The Bertz CT molecular complexity index is 307. The van der Waals surface area contributed by atoms with E-state index in [2.05, 4.69) is 0 Å². The summed E-state index contributed by atoms with van der Waals surface area (Å²) in [6.07, 6.45) is 0.127. The van der Waals surface area contributed by atoms with Crippen LogP contribution in [0.4, 0.5) is 0 Å². The molecule has 3 heteroatoms. The van der Waals surface area contributed by atoms with Gasteiger partial charge in [0, 0.05) is 12.0 Å².